The first-order valence-corrected chi connectivity index (χ1v) is 5.01. The maximum atomic E-state index is 10.9. The topological polar surface area (TPSA) is 37.3 Å². The highest BCUT2D eigenvalue weighted by atomic mass is 16.4. The summed E-state index contributed by atoms with van der Waals surface area (Å²) >= 11 is 0. The smallest absolute Gasteiger partial charge is 0.307 e. The number of rotatable bonds is 1. The molecule has 2 aliphatic carbocycles. The van der Waals surface area contributed by atoms with Crippen LogP contribution in [-0.4, -0.2) is 11.1 Å². The van der Waals surface area contributed by atoms with Crippen LogP contribution in [0.2, 0.25) is 0 Å². The minimum Gasteiger partial charge on any atom is -0.481 e. The molecule has 2 heteroatoms. The summed E-state index contributed by atoms with van der Waals surface area (Å²) in [4.78, 5) is 10.9. The summed E-state index contributed by atoms with van der Waals surface area (Å²) in [6.45, 7) is 2.11. The molecule has 0 unspecified atom stereocenters. The number of hydrogen-bond donors (Lipinski definition) is 1. The number of benzene rings is 1. The Morgan fingerprint density at radius 1 is 1.50 bits per heavy atom. The van der Waals surface area contributed by atoms with Gasteiger partial charge < -0.3 is 5.11 Å². The van der Waals surface area contributed by atoms with Crippen molar-refractivity contribution >= 4 is 5.97 Å². The van der Waals surface area contributed by atoms with Crippen molar-refractivity contribution in [3.63, 3.8) is 0 Å². The van der Waals surface area contributed by atoms with Gasteiger partial charge in [-0.25, -0.2) is 0 Å². The lowest BCUT2D eigenvalue weighted by molar-refractivity contribution is -0.139. The highest BCUT2D eigenvalue weighted by molar-refractivity contribution is 5.78. The summed E-state index contributed by atoms with van der Waals surface area (Å²) in [7, 11) is 0. The molecule has 14 heavy (non-hydrogen) atoms. The minimum absolute atomic E-state index is 0.0932. The number of hydrogen-bond acceptors (Lipinski definition) is 1. The molecule has 1 aromatic rings. The van der Waals surface area contributed by atoms with Gasteiger partial charge >= 0.3 is 5.97 Å². The van der Waals surface area contributed by atoms with Crippen molar-refractivity contribution in [2.75, 3.05) is 0 Å². The van der Waals surface area contributed by atoms with E-state index in [-0.39, 0.29) is 5.92 Å². The molecule has 1 N–H and O–H groups in total. The standard InChI is InChI=1S/C12H12O2/c1-6-3-2-4-7-8(6)5-9-10(7)11(9)12(13)14/h2-4,9-11H,5H2,1H3,(H,13,14)/t9-,10+,11-/m0/s1. The highest BCUT2D eigenvalue weighted by Crippen LogP contribution is 2.61. The lowest BCUT2D eigenvalue weighted by Crippen LogP contribution is -2.05. The molecule has 0 heterocycles. The predicted octanol–water partition coefficient (Wildman–Crippen LogP) is 1.97. The van der Waals surface area contributed by atoms with Crippen LogP contribution in [0.3, 0.4) is 0 Å². The van der Waals surface area contributed by atoms with Crippen molar-refractivity contribution in [2.24, 2.45) is 11.8 Å². The quantitative estimate of drug-likeness (QED) is 0.731. The van der Waals surface area contributed by atoms with E-state index in [4.69, 9.17) is 5.11 Å². The van der Waals surface area contributed by atoms with Crippen molar-refractivity contribution in [3.8, 4) is 0 Å². The number of carboxylic acids is 1. The van der Waals surface area contributed by atoms with Gasteiger partial charge in [0.05, 0.1) is 5.92 Å². The lowest BCUT2D eigenvalue weighted by Gasteiger charge is -2.07. The van der Waals surface area contributed by atoms with Crippen LogP contribution < -0.4 is 0 Å². The van der Waals surface area contributed by atoms with Crippen LogP contribution >= 0.6 is 0 Å². The molecule has 0 aliphatic heterocycles. The zero-order chi connectivity index (χ0) is 9.87. The van der Waals surface area contributed by atoms with Gasteiger partial charge in [-0.15, -0.1) is 0 Å². The molecule has 1 aromatic carbocycles. The second-order valence-corrected chi connectivity index (χ2v) is 4.40. The van der Waals surface area contributed by atoms with Crippen LogP contribution in [0.15, 0.2) is 18.2 Å². The van der Waals surface area contributed by atoms with Crippen molar-refractivity contribution in [3.05, 3.63) is 34.9 Å². The number of fused-ring (bicyclic) bond motifs is 3. The molecule has 3 atom stereocenters. The Morgan fingerprint density at radius 3 is 3.00 bits per heavy atom. The van der Waals surface area contributed by atoms with E-state index in [1.54, 1.807) is 0 Å². The fourth-order valence-corrected chi connectivity index (χ4v) is 2.94. The summed E-state index contributed by atoms with van der Waals surface area (Å²) in [6, 6.07) is 6.24. The monoisotopic (exact) mass is 188 g/mol. The van der Waals surface area contributed by atoms with Crippen LogP contribution in [0.1, 0.15) is 22.6 Å². The summed E-state index contributed by atoms with van der Waals surface area (Å²) in [5, 5.41) is 8.95. The SMILES string of the molecule is Cc1cccc2c1C[C@@H]1[C@H](C(=O)O)[C@H]21. The molecule has 0 amide bonds. The van der Waals surface area contributed by atoms with E-state index in [9.17, 15) is 4.79 Å². The van der Waals surface area contributed by atoms with Crippen LogP contribution in [-0.2, 0) is 11.2 Å². The molecule has 2 aliphatic rings. The second-order valence-electron chi connectivity index (χ2n) is 4.40. The lowest BCUT2D eigenvalue weighted by atomic mass is 9.98. The number of aliphatic carboxylic acids is 1. The third-order valence-corrected chi connectivity index (χ3v) is 3.70. The molecule has 1 fully saturated rings. The first kappa shape index (κ1) is 8.04. The van der Waals surface area contributed by atoms with E-state index in [0.717, 1.165) is 6.42 Å². The van der Waals surface area contributed by atoms with Gasteiger partial charge in [0.15, 0.2) is 0 Å². The third kappa shape index (κ3) is 0.834. The Kier molecular flexibility index (Phi) is 1.37. The summed E-state index contributed by atoms with van der Waals surface area (Å²) in [5.41, 5.74) is 4.02. The van der Waals surface area contributed by atoms with E-state index in [2.05, 4.69) is 19.1 Å². The second kappa shape index (κ2) is 2.38. The number of carbonyl (C=O) groups is 1. The molecular weight excluding hydrogens is 176 g/mol. The maximum absolute atomic E-state index is 10.9. The van der Waals surface area contributed by atoms with Crippen LogP contribution in [0.25, 0.3) is 0 Å². The Morgan fingerprint density at radius 2 is 2.29 bits per heavy atom. The summed E-state index contributed by atoms with van der Waals surface area (Å²) in [5.74, 6) is 0.00227. The Balaban J connectivity index is 2.03. The molecule has 0 radical (unpaired) electrons. The average Bonchev–Trinajstić information content (AvgIpc) is 2.73. The van der Waals surface area contributed by atoms with Gasteiger partial charge in [-0.2, -0.15) is 0 Å². The summed E-state index contributed by atoms with van der Waals surface area (Å²) in [6.07, 6.45) is 0.976. The van der Waals surface area contributed by atoms with Crippen LogP contribution in [0, 0.1) is 18.8 Å². The largest absolute Gasteiger partial charge is 0.481 e. The molecular formula is C12H12O2. The van der Waals surface area contributed by atoms with Gasteiger partial charge in [0.25, 0.3) is 0 Å². The molecule has 0 saturated heterocycles. The first-order valence-electron chi connectivity index (χ1n) is 5.01. The normalized spacial score (nSPS) is 32.2. The van der Waals surface area contributed by atoms with E-state index in [0.29, 0.717) is 11.8 Å². The molecule has 0 spiro atoms. The third-order valence-electron chi connectivity index (χ3n) is 3.70. The summed E-state index contributed by atoms with van der Waals surface area (Å²) < 4.78 is 0. The van der Waals surface area contributed by atoms with Crippen LogP contribution in [0.5, 0.6) is 0 Å². The first-order chi connectivity index (χ1) is 6.70. The number of aryl methyl sites for hydroxylation is 1. The number of carboxylic acid groups (broad SMARTS) is 1. The molecule has 2 nitrogen and oxygen atoms in total. The predicted molar refractivity (Wildman–Crippen MR) is 52.2 cm³/mol. The van der Waals surface area contributed by atoms with Gasteiger partial charge in [-0.05, 0) is 36.0 Å². The Labute approximate surface area is 82.6 Å². The van der Waals surface area contributed by atoms with E-state index in [1.165, 1.54) is 16.7 Å². The van der Waals surface area contributed by atoms with Crippen molar-refractivity contribution in [1.29, 1.82) is 0 Å². The fraction of sp³-hybridized carbons (Fsp3) is 0.417. The van der Waals surface area contributed by atoms with Crippen molar-refractivity contribution in [2.45, 2.75) is 19.3 Å². The molecule has 3 rings (SSSR count). The zero-order valence-corrected chi connectivity index (χ0v) is 8.03. The van der Waals surface area contributed by atoms with Gasteiger partial charge in [0.1, 0.15) is 0 Å². The van der Waals surface area contributed by atoms with Gasteiger partial charge in [-0.3, -0.25) is 4.79 Å². The van der Waals surface area contributed by atoms with Crippen molar-refractivity contribution < 1.29 is 9.90 Å². The Hall–Kier alpha value is -1.31. The average molecular weight is 188 g/mol. The van der Waals surface area contributed by atoms with E-state index < -0.39 is 5.97 Å². The molecule has 0 bridgehead atoms. The highest BCUT2D eigenvalue weighted by Gasteiger charge is 2.59. The van der Waals surface area contributed by atoms with E-state index in [1.807, 2.05) is 6.07 Å². The van der Waals surface area contributed by atoms with Crippen molar-refractivity contribution in [1.82, 2.24) is 0 Å². The van der Waals surface area contributed by atoms with E-state index >= 15 is 0 Å². The van der Waals surface area contributed by atoms with Crippen LogP contribution in [0.4, 0.5) is 0 Å². The Bertz CT molecular complexity index is 422. The molecule has 0 aromatic heterocycles. The van der Waals surface area contributed by atoms with Gasteiger partial charge in [0.2, 0.25) is 0 Å². The maximum Gasteiger partial charge on any atom is 0.307 e. The van der Waals surface area contributed by atoms with Gasteiger partial charge in [-0.1, -0.05) is 18.2 Å². The van der Waals surface area contributed by atoms with Gasteiger partial charge in [0, 0.05) is 5.92 Å². The molecule has 1 saturated carbocycles. The molecule has 72 valence electrons. The minimum atomic E-state index is -0.618. The zero-order valence-electron chi connectivity index (χ0n) is 8.03. The fourth-order valence-electron chi connectivity index (χ4n) is 2.94.